The van der Waals surface area contributed by atoms with Crippen molar-refractivity contribution in [3.63, 3.8) is 0 Å². The molecule has 1 fully saturated rings. The number of carbonyl (C=O) groups is 1. The number of nitrogens with one attached hydrogen (secondary N) is 2. The maximum Gasteiger partial charge on any atom is 0.229 e. The Bertz CT molecular complexity index is 999. The summed E-state index contributed by atoms with van der Waals surface area (Å²) in [7, 11) is -3.29. The van der Waals surface area contributed by atoms with Crippen molar-refractivity contribution in [2.24, 2.45) is 0 Å². The second-order valence-corrected chi connectivity index (χ2v) is 10.8. The smallest absolute Gasteiger partial charge is 0.229 e. The first-order valence-electron chi connectivity index (χ1n) is 12.2. The minimum atomic E-state index is -3.29. The Balaban J connectivity index is 1.39. The molecule has 1 amide bonds. The molecular weight excluding hydrogens is 450 g/mol. The topological polar surface area (TPSA) is 87.7 Å². The molecule has 34 heavy (non-hydrogen) atoms. The molecule has 2 aromatic rings. The van der Waals surface area contributed by atoms with Crippen molar-refractivity contribution in [3.05, 3.63) is 54.1 Å². The SMILES string of the molecule is CCCCCCC(=O)NC1CCN(Cc2ccc(Oc3ccc(NS(C)(=O)=O)cc3)cc2)CC1. The average molecular weight is 488 g/mol. The number of piperidine rings is 1. The van der Waals surface area contributed by atoms with Crippen LogP contribution < -0.4 is 14.8 Å². The van der Waals surface area contributed by atoms with Gasteiger partial charge in [-0.1, -0.05) is 38.3 Å². The first-order valence-corrected chi connectivity index (χ1v) is 14.1. The second-order valence-electron chi connectivity index (χ2n) is 9.07. The van der Waals surface area contributed by atoms with E-state index in [0.29, 0.717) is 23.9 Å². The van der Waals surface area contributed by atoms with E-state index in [1.165, 1.54) is 18.4 Å². The number of nitrogens with zero attached hydrogens (tertiary/aromatic N) is 1. The van der Waals surface area contributed by atoms with Gasteiger partial charge in [-0.15, -0.1) is 0 Å². The third-order valence-electron chi connectivity index (χ3n) is 5.93. The number of sulfonamides is 1. The monoisotopic (exact) mass is 487 g/mol. The van der Waals surface area contributed by atoms with Crippen molar-refractivity contribution in [3.8, 4) is 11.5 Å². The zero-order chi connectivity index (χ0) is 24.4. The van der Waals surface area contributed by atoms with Crippen LogP contribution in [0.2, 0.25) is 0 Å². The van der Waals surface area contributed by atoms with Gasteiger partial charge in [0.1, 0.15) is 11.5 Å². The molecule has 1 saturated heterocycles. The summed E-state index contributed by atoms with van der Waals surface area (Å²) < 4.78 is 30.9. The van der Waals surface area contributed by atoms with Crippen LogP contribution in [-0.4, -0.2) is 44.6 Å². The van der Waals surface area contributed by atoms with Gasteiger partial charge in [-0.2, -0.15) is 0 Å². The van der Waals surface area contributed by atoms with Gasteiger partial charge in [0, 0.05) is 37.8 Å². The van der Waals surface area contributed by atoms with Gasteiger partial charge in [-0.25, -0.2) is 8.42 Å². The molecule has 0 spiro atoms. The lowest BCUT2D eigenvalue weighted by Crippen LogP contribution is -2.44. The molecule has 0 saturated carbocycles. The number of hydrogen-bond acceptors (Lipinski definition) is 5. The molecule has 8 heteroatoms. The summed E-state index contributed by atoms with van der Waals surface area (Å²) in [6, 6.07) is 15.1. The van der Waals surface area contributed by atoms with E-state index < -0.39 is 10.0 Å². The summed E-state index contributed by atoms with van der Waals surface area (Å²) in [5.41, 5.74) is 1.72. The summed E-state index contributed by atoms with van der Waals surface area (Å²) >= 11 is 0. The summed E-state index contributed by atoms with van der Waals surface area (Å²) in [6.07, 6.45) is 8.28. The highest BCUT2D eigenvalue weighted by molar-refractivity contribution is 7.92. The molecule has 1 aliphatic rings. The summed E-state index contributed by atoms with van der Waals surface area (Å²) in [5, 5.41) is 3.21. The zero-order valence-corrected chi connectivity index (χ0v) is 21.1. The average Bonchev–Trinajstić information content (AvgIpc) is 2.80. The Morgan fingerprint density at radius 2 is 1.59 bits per heavy atom. The zero-order valence-electron chi connectivity index (χ0n) is 20.3. The molecule has 2 aromatic carbocycles. The number of unbranched alkanes of at least 4 members (excludes halogenated alkanes) is 3. The lowest BCUT2D eigenvalue weighted by molar-refractivity contribution is -0.122. The highest BCUT2D eigenvalue weighted by atomic mass is 32.2. The minimum Gasteiger partial charge on any atom is -0.457 e. The second kappa shape index (κ2) is 12.8. The molecule has 0 aliphatic carbocycles. The summed E-state index contributed by atoms with van der Waals surface area (Å²) in [6.45, 7) is 5.02. The fraction of sp³-hybridized carbons (Fsp3) is 0.500. The predicted octanol–water partition coefficient (Wildman–Crippen LogP) is 4.90. The van der Waals surface area contributed by atoms with Crippen LogP contribution in [0.5, 0.6) is 11.5 Å². The first-order chi connectivity index (χ1) is 16.3. The van der Waals surface area contributed by atoms with Crippen LogP contribution in [-0.2, 0) is 21.4 Å². The molecule has 1 heterocycles. The van der Waals surface area contributed by atoms with Gasteiger partial charge in [0.15, 0.2) is 0 Å². The van der Waals surface area contributed by atoms with Crippen LogP contribution in [0.15, 0.2) is 48.5 Å². The van der Waals surface area contributed by atoms with E-state index in [4.69, 9.17) is 4.74 Å². The van der Waals surface area contributed by atoms with E-state index in [1.807, 2.05) is 12.1 Å². The fourth-order valence-electron chi connectivity index (χ4n) is 4.11. The van der Waals surface area contributed by atoms with Crippen LogP contribution in [0, 0.1) is 0 Å². The van der Waals surface area contributed by atoms with Crippen molar-refractivity contribution < 1.29 is 17.9 Å². The molecule has 0 unspecified atom stereocenters. The van der Waals surface area contributed by atoms with Crippen molar-refractivity contribution in [2.75, 3.05) is 24.1 Å². The summed E-state index contributed by atoms with van der Waals surface area (Å²) in [5.74, 6) is 1.57. The lowest BCUT2D eigenvalue weighted by Gasteiger charge is -2.32. The van der Waals surface area contributed by atoms with E-state index in [1.54, 1.807) is 24.3 Å². The van der Waals surface area contributed by atoms with Gasteiger partial charge in [0.25, 0.3) is 0 Å². The Labute approximate surface area is 203 Å². The lowest BCUT2D eigenvalue weighted by atomic mass is 10.0. The molecule has 7 nitrogen and oxygen atoms in total. The number of likely N-dealkylation sites (tertiary alicyclic amines) is 1. The van der Waals surface area contributed by atoms with Crippen LogP contribution in [0.4, 0.5) is 5.69 Å². The van der Waals surface area contributed by atoms with Gasteiger partial charge in [-0.05, 0) is 61.2 Å². The van der Waals surface area contributed by atoms with Crippen molar-refractivity contribution >= 4 is 21.6 Å². The molecular formula is C26H37N3O4S. The predicted molar refractivity (Wildman–Crippen MR) is 137 cm³/mol. The van der Waals surface area contributed by atoms with E-state index in [2.05, 4.69) is 34.0 Å². The number of carbonyl (C=O) groups excluding carboxylic acids is 1. The molecule has 186 valence electrons. The van der Waals surface area contributed by atoms with Crippen LogP contribution in [0.25, 0.3) is 0 Å². The number of ether oxygens (including phenoxy) is 1. The van der Waals surface area contributed by atoms with E-state index in [-0.39, 0.29) is 5.91 Å². The van der Waals surface area contributed by atoms with E-state index >= 15 is 0 Å². The Morgan fingerprint density at radius 3 is 2.18 bits per heavy atom. The van der Waals surface area contributed by atoms with Gasteiger partial charge in [0.2, 0.25) is 15.9 Å². The summed E-state index contributed by atoms with van der Waals surface area (Å²) in [4.78, 5) is 14.5. The van der Waals surface area contributed by atoms with Crippen molar-refractivity contribution in [2.45, 2.75) is 64.5 Å². The maximum absolute atomic E-state index is 12.1. The number of rotatable bonds is 12. The Kier molecular flexibility index (Phi) is 9.77. The third kappa shape index (κ3) is 9.35. The van der Waals surface area contributed by atoms with Crippen LogP contribution in [0.3, 0.4) is 0 Å². The number of anilines is 1. The Morgan fingerprint density at radius 1 is 0.971 bits per heavy atom. The fourth-order valence-corrected chi connectivity index (χ4v) is 4.67. The molecule has 3 rings (SSSR count). The maximum atomic E-state index is 12.1. The van der Waals surface area contributed by atoms with Gasteiger partial charge < -0.3 is 10.1 Å². The number of hydrogen-bond donors (Lipinski definition) is 2. The van der Waals surface area contributed by atoms with Gasteiger partial charge in [0.05, 0.1) is 6.26 Å². The van der Waals surface area contributed by atoms with E-state index in [9.17, 15) is 13.2 Å². The minimum absolute atomic E-state index is 0.200. The largest absolute Gasteiger partial charge is 0.457 e. The standard InChI is InChI=1S/C26H37N3O4S/c1-3-4-5-6-7-26(30)27-22-16-18-29(19-17-22)20-21-8-12-24(13-9-21)33-25-14-10-23(11-15-25)28-34(2,31)32/h8-15,22,28H,3-7,16-20H2,1-2H3,(H,27,30). The quantitative estimate of drug-likeness (QED) is 0.416. The molecule has 0 radical (unpaired) electrons. The van der Waals surface area contributed by atoms with Crippen molar-refractivity contribution in [1.29, 1.82) is 0 Å². The first kappa shape index (κ1) is 26.0. The normalized spacial score (nSPS) is 15.1. The molecule has 0 atom stereocenters. The van der Waals surface area contributed by atoms with Crippen molar-refractivity contribution in [1.82, 2.24) is 10.2 Å². The highest BCUT2D eigenvalue weighted by Gasteiger charge is 2.20. The van der Waals surface area contributed by atoms with E-state index in [0.717, 1.165) is 57.3 Å². The highest BCUT2D eigenvalue weighted by Crippen LogP contribution is 2.24. The van der Waals surface area contributed by atoms with Crippen LogP contribution >= 0.6 is 0 Å². The van der Waals surface area contributed by atoms with Gasteiger partial charge in [-0.3, -0.25) is 14.4 Å². The van der Waals surface area contributed by atoms with Crippen LogP contribution in [0.1, 0.15) is 57.4 Å². The van der Waals surface area contributed by atoms with Gasteiger partial charge >= 0.3 is 0 Å². The number of amides is 1. The molecule has 0 aromatic heterocycles. The third-order valence-corrected chi connectivity index (χ3v) is 6.54. The number of benzene rings is 2. The molecule has 1 aliphatic heterocycles. The molecule has 0 bridgehead atoms. The molecule has 2 N–H and O–H groups in total. The Hall–Kier alpha value is -2.58.